The molecule has 1 aromatic carbocycles. The van der Waals surface area contributed by atoms with Gasteiger partial charge >= 0.3 is 12.2 Å². The summed E-state index contributed by atoms with van der Waals surface area (Å²) in [5.74, 6) is -0.792. The van der Waals surface area contributed by atoms with E-state index < -0.39 is 41.7 Å². The molecule has 4 rings (SSSR count). The molecule has 0 saturated heterocycles. The average molecular weight is 505 g/mol. The lowest BCUT2D eigenvalue weighted by molar-refractivity contribution is -0.139. The summed E-state index contributed by atoms with van der Waals surface area (Å²) < 4.78 is 46.7. The molecule has 2 aliphatic heterocycles. The fourth-order valence-electron chi connectivity index (χ4n) is 4.81. The minimum Gasteiger partial charge on any atom is -0.467 e. The first kappa shape index (κ1) is 25.3. The lowest BCUT2D eigenvalue weighted by Gasteiger charge is -2.33. The van der Waals surface area contributed by atoms with Gasteiger partial charge in [0.05, 0.1) is 42.2 Å². The van der Waals surface area contributed by atoms with E-state index >= 15 is 0 Å². The number of urea groups is 1. The van der Waals surface area contributed by atoms with Crippen molar-refractivity contribution in [3.05, 3.63) is 70.8 Å². The van der Waals surface area contributed by atoms with Crippen molar-refractivity contribution in [1.82, 2.24) is 20.4 Å². The number of furan rings is 1. The van der Waals surface area contributed by atoms with E-state index in [0.717, 1.165) is 6.07 Å². The zero-order chi connectivity index (χ0) is 26.2. The van der Waals surface area contributed by atoms with Gasteiger partial charge in [-0.2, -0.15) is 13.2 Å². The van der Waals surface area contributed by atoms with Crippen LogP contribution in [0.2, 0.25) is 0 Å². The first-order valence-corrected chi connectivity index (χ1v) is 11.6. The number of hydrogen-bond acceptors (Lipinski definition) is 4. The highest BCUT2D eigenvalue weighted by Crippen LogP contribution is 2.42. The fourth-order valence-corrected chi connectivity index (χ4v) is 4.81. The number of carbonyl (C=O) groups excluding carboxylic acids is 3. The van der Waals surface area contributed by atoms with E-state index in [1.165, 1.54) is 34.3 Å². The Bertz CT molecular complexity index is 1190. The molecule has 3 heterocycles. The summed E-state index contributed by atoms with van der Waals surface area (Å²) in [7, 11) is 0. The van der Waals surface area contributed by atoms with Gasteiger partial charge in [0, 0.05) is 6.54 Å². The number of nitrogens with one attached hydrogen (secondary N) is 2. The zero-order valence-electron chi connectivity index (χ0n) is 20.1. The summed E-state index contributed by atoms with van der Waals surface area (Å²) in [6, 6.07) is 5.43. The van der Waals surface area contributed by atoms with Crippen LogP contribution in [0.25, 0.3) is 0 Å². The van der Waals surface area contributed by atoms with Crippen LogP contribution in [0.3, 0.4) is 0 Å². The Morgan fingerprint density at radius 1 is 1.19 bits per heavy atom. The van der Waals surface area contributed by atoms with Gasteiger partial charge in [-0.05, 0) is 36.6 Å². The Morgan fingerprint density at radius 3 is 2.53 bits per heavy atom. The van der Waals surface area contributed by atoms with Crippen molar-refractivity contribution in [3.63, 3.8) is 0 Å². The van der Waals surface area contributed by atoms with Crippen LogP contribution in [0.15, 0.2) is 58.3 Å². The van der Waals surface area contributed by atoms with Crippen molar-refractivity contribution >= 4 is 17.8 Å². The Labute approximate surface area is 206 Å². The van der Waals surface area contributed by atoms with E-state index in [-0.39, 0.29) is 36.7 Å². The van der Waals surface area contributed by atoms with Gasteiger partial charge in [0.25, 0.3) is 5.91 Å². The van der Waals surface area contributed by atoms with E-state index in [2.05, 4.69) is 10.6 Å². The number of hydrogen-bond donors (Lipinski definition) is 2. The third kappa shape index (κ3) is 4.57. The fraction of sp³-hybridized carbons (Fsp3) is 0.400. The molecular weight excluding hydrogens is 477 g/mol. The van der Waals surface area contributed by atoms with Gasteiger partial charge in [0.1, 0.15) is 11.8 Å². The molecule has 2 aliphatic rings. The molecule has 4 amide bonds. The highest BCUT2D eigenvalue weighted by atomic mass is 19.4. The Morgan fingerprint density at radius 2 is 1.92 bits per heavy atom. The number of alkyl halides is 3. The number of halogens is 3. The van der Waals surface area contributed by atoms with E-state index in [1.807, 2.05) is 0 Å². The molecule has 11 heteroatoms. The quantitative estimate of drug-likeness (QED) is 0.600. The molecule has 0 saturated carbocycles. The first-order chi connectivity index (χ1) is 17.0. The maximum Gasteiger partial charge on any atom is 0.416 e. The summed E-state index contributed by atoms with van der Waals surface area (Å²) in [5, 5.41) is 5.34. The number of carbonyl (C=O) groups is 3. The van der Waals surface area contributed by atoms with Crippen LogP contribution in [0.5, 0.6) is 0 Å². The predicted octanol–water partition coefficient (Wildman–Crippen LogP) is 3.82. The molecule has 0 fully saturated rings. The summed E-state index contributed by atoms with van der Waals surface area (Å²) in [4.78, 5) is 42.4. The molecule has 0 radical (unpaired) electrons. The lowest BCUT2D eigenvalue weighted by Crippen LogP contribution is -2.51. The minimum atomic E-state index is -4.68. The number of likely N-dealkylation sites (N-methyl/N-ethyl adjacent to an activating group) is 1. The molecule has 0 aliphatic carbocycles. The van der Waals surface area contributed by atoms with Crippen LogP contribution in [0.1, 0.15) is 43.7 Å². The highest BCUT2D eigenvalue weighted by molar-refractivity contribution is 6.03. The zero-order valence-corrected chi connectivity index (χ0v) is 20.1. The summed E-state index contributed by atoms with van der Waals surface area (Å²) >= 11 is 0. The number of rotatable bonds is 7. The maximum atomic E-state index is 13.8. The SMILES string of the molecule is CCN1C(=O)N[C@@H](c2ccccc2C(F)(F)F)C2=C1CN([C@H](C(=O)NCc1ccco1)C(C)C)C2=O. The Balaban J connectivity index is 1.70. The largest absolute Gasteiger partial charge is 0.467 e. The first-order valence-electron chi connectivity index (χ1n) is 11.6. The number of amides is 4. The molecule has 0 bridgehead atoms. The van der Waals surface area contributed by atoms with Crippen LogP contribution < -0.4 is 10.6 Å². The van der Waals surface area contributed by atoms with Crippen molar-refractivity contribution in [3.8, 4) is 0 Å². The van der Waals surface area contributed by atoms with Gasteiger partial charge in [-0.3, -0.25) is 14.5 Å². The van der Waals surface area contributed by atoms with Crippen molar-refractivity contribution < 1.29 is 32.0 Å². The molecule has 192 valence electrons. The molecule has 1 aromatic heterocycles. The number of benzene rings is 1. The van der Waals surface area contributed by atoms with Crippen molar-refractivity contribution in [1.29, 1.82) is 0 Å². The van der Waals surface area contributed by atoms with Crippen molar-refractivity contribution in [2.75, 3.05) is 13.1 Å². The second-order valence-electron chi connectivity index (χ2n) is 8.99. The van der Waals surface area contributed by atoms with Gasteiger partial charge in [-0.15, -0.1) is 0 Å². The molecule has 0 unspecified atom stereocenters. The molecule has 2 aromatic rings. The summed E-state index contributed by atoms with van der Waals surface area (Å²) in [6.07, 6.45) is -3.21. The van der Waals surface area contributed by atoms with Gasteiger partial charge in [-0.25, -0.2) is 4.79 Å². The van der Waals surface area contributed by atoms with Crippen LogP contribution in [0, 0.1) is 5.92 Å². The normalized spacial score (nSPS) is 19.0. The molecule has 8 nitrogen and oxygen atoms in total. The minimum absolute atomic E-state index is 0.0395. The molecule has 36 heavy (non-hydrogen) atoms. The Kier molecular flexibility index (Phi) is 6.83. The van der Waals surface area contributed by atoms with E-state index in [1.54, 1.807) is 32.9 Å². The smallest absolute Gasteiger partial charge is 0.416 e. The van der Waals surface area contributed by atoms with Crippen LogP contribution in [0.4, 0.5) is 18.0 Å². The summed E-state index contributed by atoms with van der Waals surface area (Å²) in [5.41, 5.74) is -0.814. The summed E-state index contributed by atoms with van der Waals surface area (Å²) in [6.45, 7) is 5.51. The number of nitrogens with zero attached hydrogens (tertiary/aromatic N) is 2. The topological polar surface area (TPSA) is 94.9 Å². The Hall–Kier alpha value is -3.76. The van der Waals surface area contributed by atoms with Crippen molar-refractivity contribution in [2.24, 2.45) is 5.92 Å². The van der Waals surface area contributed by atoms with Crippen LogP contribution >= 0.6 is 0 Å². The van der Waals surface area contributed by atoms with Crippen LogP contribution in [-0.2, 0) is 22.3 Å². The second kappa shape index (κ2) is 9.71. The molecule has 0 spiro atoms. The van der Waals surface area contributed by atoms with E-state index in [0.29, 0.717) is 11.5 Å². The van der Waals surface area contributed by atoms with E-state index in [9.17, 15) is 27.6 Å². The third-order valence-electron chi connectivity index (χ3n) is 6.40. The third-order valence-corrected chi connectivity index (χ3v) is 6.40. The van der Waals surface area contributed by atoms with Gasteiger partial charge in [0.15, 0.2) is 0 Å². The van der Waals surface area contributed by atoms with Crippen molar-refractivity contribution in [2.45, 2.75) is 45.6 Å². The van der Waals surface area contributed by atoms with Gasteiger partial charge in [-0.1, -0.05) is 32.0 Å². The standard InChI is InChI=1S/C25H27F3N4O4/c1-4-31-18-13-32(21(14(2)3)22(33)29-12-15-8-7-11-36-15)23(34)19(18)20(30-24(31)35)16-9-5-6-10-17(16)25(26,27)28/h5-11,14,20-21H,4,12-13H2,1-3H3,(H,29,33)(H,30,35)/t20-,21-/m0/s1. The lowest BCUT2D eigenvalue weighted by atomic mass is 9.91. The van der Waals surface area contributed by atoms with E-state index in [4.69, 9.17) is 4.42 Å². The molecular formula is C25H27F3N4O4. The van der Waals surface area contributed by atoms with Crippen LogP contribution in [-0.4, -0.2) is 46.8 Å². The molecule has 2 N–H and O–H groups in total. The monoisotopic (exact) mass is 504 g/mol. The van der Waals surface area contributed by atoms with Gasteiger partial charge in [0.2, 0.25) is 5.91 Å². The highest BCUT2D eigenvalue weighted by Gasteiger charge is 2.49. The van der Waals surface area contributed by atoms with Gasteiger partial charge < -0.3 is 20.0 Å². The average Bonchev–Trinajstić information content (AvgIpc) is 3.45. The predicted molar refractivity (Wildman–Crippen MR) is 123 cm³/mol. The maximum absolute atomic E-state index is 13.8. The second-order valence-corrected chi connectivity index (χ2v) is 8.99. The molecule has 2 atom stereocenters.